The van der Waals surface area contributed by atoms with Gasteiger partial charge in [-0.1, -0.05) is 13.3 Å². The van der Waals surface area contributed by atoms with Crippen molar-refractivity contribution in [3.8, 4) is 17.0 Å². The van der Waals surface area contributed by atoms with E-state index in [1.807, 2.05) is 12.1 Å². The van der Waals surface area contributed by atoms with Gasteiger partial charge in [-0.25, -0.2) is 4.98 Å². The molecular formula is C15H15N3O. The van der Waals surface area contributed by atoms with E-state index in [1.165, 1.54) is 5.56 Å². The minimum atomic E-state index is 0.271. The van der Waals surface area contributed by atoms with E-state index in [4.69, 9.17) is 0 Å². The Bertz CT molecular complexity index is 701. The second-order valence-electron chi connectivity index (χ2n) is 4.53. The van der Waals surface area contributed by atoms with Crippen LogP contribution in [0.2, 0.25) is 0 Å². The van der Waals surface area contributed by atoms with Crippen molar-refractivity contribution in [3.05, 3.63) is 42.2 Å². The van der Waals surface area contributed by atoms with Crippen molar-refractivity contribution in [2.75, 3.05) is 0 Å². The molecule has 0 aliphatic rings. The van der Waals surface area contributed by atoms with E-state index in [-0.39, 0.29) is 5.75 Å². The Morgan fingerprint density at radius 3 is 2.58 bits per heavy atom. The zero-order chi connectivity index (χ0) is 13.2. The maximum Gasteiger partial charge on any atom is 0.156 e. The molecule has 0 aliphatic carbocycles. The lowest BCUT2D eigenvalue weighted by Crippen LogP contribution is -1.87. The molecule has 0 atom stereocenters. The summed E-state index contributed by atoms with van der Waals surface area (Å²) in [6.07, 6.45) is 5.41. The molecule has 0 bridgehead atoms. The molecule has 19 heavy (non-hydrogen) atoms. The molecule has 0 unspecified atom stereocenters. The lowest BCUT2D eigenvalue weighted by Gasteiger charge is -2.03. The van der Waals surface area contributed by atoms with Gasteiger partial charge in [-0.3, -0.25) is 4.98 Å². The topological polar surface area (TPSA) is 61.8 Å². The summed E-state index contributed by atoms with van der Waals surface area (Å²) in [6, 6.07) is 7.19. The highest BCUT2D eigenvalue weighted by atomic mass is 16.3. The summed E-state index contributed by atoms with van der Waals surface area (Å²) in [5.74, 6) is 0.271. The molecule has 0 saturated heterocycles. The van der Waals surface area contributed by atoms with E-state index < -0.39 is 0 Å². The summed E-state index contributed by atoms with van der Waals surface area (Å²) >= 11 is 0. The van der Waals surface area contributed by atoms with Crippen molar-refractivity contribution in [1.29, 1.82) is 0 Å². The molecule has 2 aromatic heterocycles. The number of nitrogens with one attached hydrogen (secondary N) is 1. The van der Waals surface area contributed by atoms with Crippen LogP contribution in [-0.2, 0) is 6.42 Å². The number of phenolic OH excluding ortho intramolecular Hbond substituents is 1. The Balaban J connectivity index is 2.21. The quantitative estimate of drug-likeness (QED) is 0.753. The zero-order valence-corrected chi connectivity index (χ0v) is 10.7. The normalized spacial score (nSPS) is 11.0. The van der Waals surface area contributed by atoms with Crippen LogP contribution in [0.15, 0.2) is 36.7 Å². The standard InChI is InChI=1S/C15H15N3O/c1-2-3-12-13(10-4-6-11(19)7-5-10)18-15-14(12)16-8-9-17-15/h4-9,19H,2-3H2,1H3,(H,17,18). The highest BCUT2D eigenvalue weighted by Gasteiger charge is 2.13. The van der Waals surface area contributed by atoms with E-state index in [0.717, 1.165) is 35.3 Å². The largest absolute Gasteiger partial charge is 0.508 e. The summed E-state index contributed by atoms with van der Waals surface area (Å²) < 4.78 is 0. The van der Waals surface area contributed by atoms with Crippen LogP contribution in [-0.4, -0.2) is 20.1 Å². The number of aromatic amines is 1. The van der Waals surface area contributed by atoms with Crippen molar-refractivity contribution >= 4 is 11.2 Å². The number of hydrogen-bond donors (Lipinski definition) is 2. The number of phenols is 1. The van der Waals surface area contributed by atoms with E-state index in [9.17, 15) is 5.11 Å². The van der Waals surface area contributed by atoms with Crippen molar-refractivity contribution in [3.63, 3.8) is 0 Å². The second-order valence-corrected chi connectivity index (χ2v) is 4.53. The number of fused-ring (bicyclic) bond motifs is 1. The minimum absolute atomic E-state index is 0.271. The number of aryl methyl sites for hydroxylation is 1. The van der Waals surface area contributed by atoms with Crippen LogP contribution >= 0.6 is 0 Å². The molecule has 1 aromatic carbocycles. The summed E-state index contributed by atoms with van der Waals surface area (Å²) in [7, 11) is 0. The van der Waals surface area contributed by atoms with Crippen molar-refractivity contribution < 1.29 is 5.11 Å². The molecule has 0 saturated carbocycles. The number of benzene rings is 1. The Morgan fingerprint density at radius 1 is 1.11 bits per heavy atom. The number of nitrogens with zero attached hydrogens (tertiary/aromatic N) is 2. The van der Waals surface area contributed by atoms with Gasteiger partial charge in [-0.2, -0.15) is 0 Å². The molecule has 4 heteroatoms. The van der Waals surface area contributed by atoms with Crippen LogP contribution < -0.4 is 0 Å². The van der Waals surface area contributed by atoms with Crippen LogP contribution in [0.3, 0.4) is 0 Å². The molecule has 0 fully saturated rings. The lowest BCUT2D eigenvalue weighted by molar-refractivity contribution is 0.475. The van der Waals surface area contributed by atoms with Crippen LogP contribution in [0.4, 0.5) is 0 Å². The molecule has 4 nitrogen and oxygen atoms in total. The summed E-state index contributed by atoms with van der Waals surface area (Å²) in [5, 5.41) is 9.38. The van der Waals surface area contributed by atoms with E-state index in [2.05, 4.69) is 21.9 Å². The third kappa shape index (κ3) is 2.05. The van der Waals surface area contributed by atoms with Gasteiger partial charge < -0.3 is 10.1 Å². The predicted octanol–water partition coefficient (Wildman–Crippen LogP) is 3.28. The third-order valence-electron chi connectivity index (χ3n) is 3.19. The average Bonchev–Trinajstić information content (AvgIpc) is 2.79. The van der Waals surface area contributed by atoms with E-state index in [0.29, 0.717) is 0 Å². The van der Waals surface area contributed by atoms with E-state index in [1.54, 1.807) is 24.5 Å². The Morgan fingerprint density at radius 2 is 1.84 bits per heavy atom. The van der Waals surface area contributed by atoms with Crippen LogP contribution in [0, 0.1) is 0 Å². The van der Waals surface area contributed by atoms with Crippen LogP contribution in [0.5, 0.6) is 5.75 Å². The fourth-order valence-electron chi connectivity index (χ4n) is 2.33. The van der Waals surface area contributed by atoms with Gasteiger partial charge in [0.05, 0.1) is 5.69 Å². The summed E-state index contributed by atoms with van der Waals surface area (Å²) in [6.45, 7) is 2.15. The fourth-order valence-corrected chi connectivity index (χ4v) is 2.33. The first-order valence-electron chi connectivity index (χ1n) is 6.40. The first-order chi connectivity index (χ1) is 9.29. The smallest absolute Gasteiger partial charge is 0.156 e. The number of aromatic nitrogens is 3. The molecule has 3 rings (SSSR count). The summed E-state index contributed by atoms with van der Waals surface area (Å²) in [4.78, 5) is 12.1. The third-order valence-corrected chi connectivity index (χ3v) is 3.19. The maximum absolute atomic E-state index is 9.38. The molecule has 0 spiro atoms. The Labute approximate surface area is 111 Å². The van der Waals surface area contributed by atoms with Gasteiger partial charge in [-0.05, 0) is 36.2 Å². The highest BCUT2D eigenvalue weighted by Crippen LogP contribution is 2.30. The fraction of sp³-hybridized carbons (Fsp3) is 0.200. The second kappa shape index (κ2) is 4.72. The lowest BCUT2D eigenvalue weighted by atomic mass is 10.0. The SMILES string of the molecule is CCCc1c(-c2ccc(O)cc2)[nH]c2nccnc12. The molecule has 0 radical (unpaired) electrons. The molecule has 2 heterocycles. The van der Waals surface area contributed by atoms with Crippen molar-refractivity contribution in [1.82, 2.24) is 15.0 Å². The first-order valence-corrected chi connectivity index (χ1v) is 6.40. The zero-order valence-electron chi connectivity index (χ0n) is 10.7. The molecule has 3 aromatic rings. The van der Waals surface area contributed by atoms with Gasteiger partial charge in [-0.15, -0.1) is 0 Å². The van der Waals surface area contributed by atoms with Gasteiger partial charge in [0.15, 0.2) is 5.65 Å². The van der Waals surface area contributed by atoms with Gasteiger partial charge in [0.1, 0.15) is 11.3 Å². The minimum Gasteiger partial charge on any atom is -0.508 e. The van der Waals surface area contributed by atoms with E-state index >= 15 is 0 Å². The molecular weight excluding hydrogens is 238 g/mol. The van der Waals surface area contributed by atoms with Gasteiger partial charge in [0, 0.05) is 18.0 Å². The van der Waals surface area contributed by atoms with Crippen molar-refractivity contribution in [2.24, 2.45) is 0 Å². The number of rotatable bonds is 3. The Hall–Kier alpha value is -2.36. The number of hydrogen-bond acceptors (Lipinski definition) is 3. The molecule has 0 aliphatic heterocycles. The van der Waals surface area contributed by atoms with Crippen LogP contribution in [0.1, 0.15) is 18.9 Å². The molecule has 96 valence electrons. The highest BCUT2D eigenvalue weighted by molar-refractivity contribution is 5.85. The van der Waals surface area contributed by atoms with Gasteiger partial charge >= 0.3 is 0 Å². The van der Waals surface area contributed by atoms with Gasteiger partial charge in [0.25, 0.3) is 0 Å². The van der Waals surface area contributed by atoms with Crippen molar-refractivity contribution in [2.45, 2.75) is 19.8 Å². The van der Waals surface area contributed by atoms with Crippen LogP contribution in [0.25, 0.3) is 22.4 Å². The first kappa shape index (κ1) is 11.7. The number of aromatic hydroxyl groups is 1. The predicted molar refractivity (Wildman–Crippen MR) is 75.0 cm³/mol. The number of H-pyrrole nitrogens is 1. The monoisotopic (exact) mass is 253 g/mol. The molecule has 2 N–H and O–H groups in total. The average molecular weight is 253 g/mol. The maximum atomic E-state index is 9.38. The van der Waals surface area contributed by atoms with Gasteiger partial charge in [0.2, 0.25) is 0 Å². The summed E-state index contributed by atoms with van der Waals surface area (Å²) in [5.41, 5.74) is 5.03. The Kier molecular flexibility index (Phi) is 2.91. The molecule has 0 amide bonds.